The Balaban J connectivity index is 1.70. The predicted octanol–water partition coefficient (Wildman–Crippen LogP) is 1.24. The number of rotatable bonds is 6. The largest absolute Gasteiger partial charge is 0.294 e. The molecular formula is C18H24N2O5S. The second kappa shape index (κ2) is 8.44. The lowest BCUT2D eigenvalue weighted by molar-refractivity contribution is -0.129. The summed E-state index contributed by atoms with van der Waals surface area (Å²) in [6, 6.07) is 5.40. The fourth-order valence-corrected chi connectivity index (χ4v) is 4.70. The molecule has 0 unspecified atom stereocenters. The summed E-state index contributed by atoms with van der Waals surface area (Å²) in [5.74, 6) is -1.11. The molecule has 1 heterocycles. The Bertz CT molecular complexity index is 817. The molecule has 1 aromatic rings. The van der Waals surface area contributed by atoms with Crippen LogP contribution in [0.5, 0.6) is 0 Å². The van der Waals surface area contributed by atoms with Crippen molar-refractivity contribution < 1.29 is 22.8 Å². The molecule has 1 aliphatic heterocycles. The third kappa shape index (κ3) is 5.94. The van der Waals surface area contributed by atoms with E-state index < -0.39 is 21.7 Å². The molecule has 0 radical (unpaired) electrons. The summed E-state index contributed by atoms with van der Waals surface area (Å²) in [7, 11) is -3.03. The summed E-state index contributed by atoms with van der Waals surface area (Å²) in [5.41, 5.74) is 7.21. The van der Waals surface area contributed by atoms with Gasteiger partial charge in [0.05, 0.1) is 11.5 Å². The summed E-state index contributed by atoms with van der Waals surface area (Å²) < 4.78 is 22.7. The number of nitrogens with one attached hydrogen (secondary N) is 2. The highest BCUT2D eigenvalue weighted by molar-refractivity contribution is 7.91. The molecule has 0 bridgehead atoms. The minimum absolute atomic E-state index is 0.0127. The van der Waals surface area contributed by atoms with Crippen molar-refractivity contribution in [3.8, 4) is 0 Å². The molecule has 1 atom stereocenters. The number of hydrazine groups is 1. The Morgan fingerprint density at radius 3 is 2.35 bits per heavy atom. The molecule has 1 fully saturated rings. The molecule has 7 nitrogen and oxygen atoms in total. The molecule has 1 aliphatic rings. The molecule has 0 saturated carbocycles. The highest BCUT2D eigenvalue weighted by Crippen LogP contribution is 2.21. The van der Waals surface area contributed by atoms with Gasteiger partial charge >= 0.3 is 0 Å². The summed E-state index contributed by atoms with van der Waals surface area (Å²) in [6.07, 6.45) is 0.532. The molecule has 26 heavy (non-hydrogen) atoms. The maximum absolute atomic E-state index is 12.1. The summed E-state index contributed by atoms with van der Waals surface area (Å²) in [5, 5.41) is 0. The van der Waals surface area contributed by atoms with Crippen molar-refractivity contribution in [3.05, 3.63) is 34.9 Å². The number of hydrogen-bond acceptors (Lipinski definition) is 5. The Kier molecular flexibility index (Phi) is 6.52. The van der Waals surface area contributed by atoms with Crippen molar-refractivity contribution in [2.24, 2.45) is 5.92 Å². The van der Waals surface area contributed by atoms with Gasteiger partial charge < -0.3 is 0 Å². The number of carbonyl (C=O) groups is 3. The van der Waals surface area contributed by atoms with Gasteiger partial charge in [0.25, 0.3) is 0 Å². The molecule has 0 aliphatic carbocycles. The lowest BCUT2D eigenvalue weighted by Crippen LogP contribution is -2.42. The number of aryl methyl sites for hydroxylation is 2. The molecule has 0 spiro atoms. The highest BCUT2D eigenvalue weighted by Gasteiger charge is 2.29. The first kappa shape index (κ1) is 20.1. The topological polar surface area (TPSA) is 109 Å². The summed E-state index contributed by atoms with van der Waals surface area (Å²) in [6.45, 7) is 3.88. The van der Waals surface area contributed by atoms with Crippen molar-refractivity contribution in [1.82, 2.24) is 10.9 Å². The standard InChI is InChI=1S/C18H24N2O5S/c1-12-3-4-15(9-13(12)2)16(21)5-6-17(22)19-20-18(23)10-14-7-8-26(24,25)11-14/h3-4,9,14H,5-8,10-11H2,1-2H3,(H,19,22)(H,20,23)/t14-/m1/s1. The van der Waals surface area contributed by atoms with Gasteiger partial charge in [0.15, 0.2) is 15.6 Å². The molecule has 0 aromatic heterocycles. The average Bonchev–Trinajstić information content (AvgIpc) is 2.91. The van der Waals surface area contributed by atoms with Crippen molar-refractivity contribution in [2.75, 3.05) is 11.5 Å². The fraction of sp³-hybridized carbons (Fsp3) is 0.500. The van der Waals surface area contributed by atoms with Gasteiger partial charge in [-0.25, -0.2) is 8.42 Å². The van der Waals surface area contributed by atoms with Crippen LogP contribution < -0.4 is 10.9 Å². The van der Waals surface area contributed by atoms with Gasteiger partial charge in [0.2, 0.25) is 11.8 Å². The number of carbonyl (C=O) groups excluding carboxylic acids is 3. The van der Waals surface area contributed by atoms with Gasteiger partial charge in [0, 0.05) is 24.8 Å². The lowest BCUT2D eigenvalue weighted by Gasteiger charge is -2.10. The number of amides is 2. The van der Waals surface area contributed by atoms with Crippen LogP contribution in [-0.4, -0.2) is 37.5 Å². The zero-order valence-corrected chi connectivity index (χ0v) is 15.8. The van der Waals surface area contributed by atoms with Crippen LogP contribution in [0.2, 0.25) is 0 Å². The zero-order chi connectivity index (χ0) is 19.3. The first-order valence-electron chi connectivity index (χ1n) is 8.55. The number of benzene rings is 1. The van der Waals surface area contributed by atoms with Crippen molar-refractivity contribution in [2.45, 2.75) is 39.5 Å². The number of Topliss-reactive ketones (excluding diaryl/α,β-unsaturated/α-hetero) is 1. The first-order valence-corrected chi connectivity index (χ1v) is 10.4. The predicted molar refractivity (Wildman–Crippen MR) is 97.1 cm³/mol. The van der Waals surface area contributed by atoms with E-state index in [-0.39, 0.29) is 42.5 Å². The van der Waals surface area contributed by atoms with E-state index >= 15 is 0 Å². The maximum Gasteiger partial charge on any atom is 0.238 e. The van der Waals surface area contributed by atoms with Gasteiger partial charge in [0.1, 0.15) is 0 Å². The second-order valence-corrected chi connectivity index (χ2v) is 9.02. The Hall–Kier alpha value is -2.22. The summed E-state index contributed by atoms with van der Waals surface area (Å²) >= 11 is 0. The third-order valence-corrected chi connectivity index (χ3v) is 6.39. The molecule has 2 N–H and O–H groups in total. The molecule has 1 aromatic carbocycles. The van der Waals surface area contributed by atoms with Gasteiger partial charge in [-0.2, -0.15) is 0 Å². The van der Waals surface area contributed by atoms with E-state index in [0.717, 1.165) is 11.1 Å². The fourth-order valence-electron chi connectivity index (χ4n) is 2.83. The van der Waals surface area contributed by atoms with E-state index in [1.807, 2.05) is 19.9 Å². The molecule has 2 amide bonds. The van der Waals surface area contributed by atoms with Crippen LogP contribution in [0.15, 0.2) is 18.2 Å². The van der Waals surface area contributed by atoms with Gasteiger partial charge in [-0.15, -0.1) is 0 Å². The van der Waals surface area contributed by atoms with E-state index in [1.54, 1.807) is 12.1 Å². The van der Waals surface area contributed by atoms with E-state index in [4.69, 9.17) is 0 Å². The normalized spacial score (nSPS) is 18.3. The summed E-state index contributed by atoms with van der Waals surface area (Å²) in [4.78, 5) is 35.6. The number of hydrogen-bond donors (Lipinski definition) is 2. The first-order chi connectivity index (χ1) is 12.2. The molecule has 8 heteroatoms. The number of sulfone groups is 1. The Labute approximate surface area is 153 Å². The van der Waals surface area contributed by atoms with E-state index in [1.165, 1.54) is 0 Å². The lowest BCUT2D eigenvalue weighted by atomic mass is 10.0. The molecular weight excluding hydrogens is 356 g/mol. The second-order valence-electron chi connectivity index (χ2n) is 6.79. The maximum atomic E-state index is 12.1. The van der Waals surface area contributed by atoms with Crippen LogP contribution in [0.1, 0.15) is 47.2 Å². The van der Waals surface area contributed by atoms with Crippen LogP contribution in [0.3, 0.4) is 0 Å². The third-order valence-electron chi connectivity index (χ3n) is 4.55. The minimum atomic E-state index is -3.03. The minimum Gasteiger partial charge on any atom is -0.294 e. The van der Waals surface area contributed by atoms with Crippen LogP contribution in [0.25, 0.3) is 0 Å². The Morgan fingerprint density at radius 2 is 1.73 bits per heavy atom. The smallest absolute Gasteiger partial charge is 0.238 e. The monoisotopic (exact) mass is 380 g/mol. The molecule has 142 valence electrons. The van der Waals surface area contributed by atoms with Crippen molar-refractivity contribution in [1.29, 1.82) is 0 Å². The van der Waals surface area contributed by atoms with Crippen LogP contribution in [-0.2, 0) is 19.4 Å². The highest BCUT2D eigenvalue weighted by atomic mass is 32.2. The zero-order valence-electron chi connectivity index (χ0n) is 15.0. The van der Waals surface area contributed by atoms with Crippen LogP contribution in [0, 0.1) is 19.8 Å². The molecule has 2 rings (SSSR count). The molecule has 1 saturated heterocycles. The number of ketones is 1. The van der Waals surface area contributed by atoms with E-state index in [9.17, 15) is 22.8 Å². The van der Waals surface area contributed by atoms with Crippen LogP contribution in [0.4, 0.5) is 0 Å². The quantitative estimate of drug-likeness (QED) is 0.570. The van der Waals surface area contributed by atoms with Gasteiger partial charge in [-0.3, -0.25) is 25.2 Å². The van der Waals surface area contributed by atoms with Gasteiger partial charge in [-0.1, -0.05) is 12.1 Å². The average molecular weight is 380 g/mol. The van der Waals surface area contributed by atoms with Gasteiger partial charge in [-0.05, 0) is 43.4 Å². The SMILES string of the molecule is Cc1ccc(C(=O)CCC(=O)NNC(=O)C[C@H]2CCS(=O)(=O)C2)cc1C. The van der Waals surface area contributed by atoms with E-state index in [0.29, 0.717) is 12.0 Å². The van der Waals surface area contributed by atoms with Crippen molar-refractivity contribution in [3.63, 3.8) is 0 Å². The Morgan fingerprint density at radius 1 is 1.04 bits per heavy atom. The van der Waals surface area contributed by atoms with Crippen LogP contribution >= 0.6 is 0 Å². The van der Waals surface area contributed by atoms with Crippen molar-refractivity contribution >= 4 is 27.4 Å². The van der Waals surface area contributed by atoms with E-state index in [2.05, 4.69) is 10.9 Å².